The van der Waals surface area contributed by atoms with E-state index in [1.807, 2.05) is 0 Å². The molecule has 2 N–H and O–H groups in total. The third-order valence-corrected chi connectivity index (χ3v) is 6.75. The molecule has 0 fully saturated rings. The van der Waals surface area contributed by atoms with Crippen molar-refractivity contribution in [2.24, 2.45) is 0 Å². The summed E-state index contributed by atoms with van der Waals surface area (Å²) >= 11 is 0. The number of carboxylic acid groups (broad SMARTS) is 1. The van der Waals surface area contributed by atoms with Gasteiger partial charge in [0.2, 0.25) is 0 Å². The van der Waals surface area contributed by atoms with E-state index in [1.165, 1.54) is 24.6 Å². The van der Waals surface area contributed by atoms with E-state index in [9.17, 15) is 13.2 Å². The van der Waals surface area contributed by atoms with Gasteiger partial charge in [0, 0.05) is 24.2 Å². The van der Waals surface area contributed by atoms with Gasteiger partial charge in [0.15, 0.2) is 5.82 Å². The predicted octanol–water partition coefficient (Wildman–Crippen LogP) is 3.48. The fourth-order valence-corrected chi connectivity index (χ4v) is 4.95. The van der Waals surface area contributed by atoms with Gasteiger partial charge in [-0.15, -0.1) is 10.2 Å². The second kappa shape index (κ2) is 7.91. The van der Waals surface area contributed by atoms with Crippen molar-refractivity contribution in [1.29, 1.82) is 0 Å². The zero-order valence-electron chi connectivity index (χ0n) is 16.5. The van der Waals surface area contributed by atoms with Gasteiger partial charge in [-0.3, -0.25) is 4.72 Å². The maximum atomic E-state index is 12.8. The van der Waals surface area contributed by atoms with Crippen LogP contribution in [0.25, 0.3) is 11.4 Å². The summed E-state index contributed by atoms with van der Waals surface area (Å²) in [5, 5.41) is 17.8. The van der Waals surface area contributed by atoms with Crippen LogP contribution in [0.2, 0.25) is 0 Å². The lowest BCUT2D eigenvalue weighted by Crippen LogP contribution is -2.15. The molecule has 0 spiro atoms. The molecular weight excluding hydrogens is 404 g/mol. The van der Waals surface area contributed by atoms with Crippen LogP contribution in [0.5, 0.6) is 0 Å². The monoisotopic (exact) mass is 426 g/mol. The number of anilines is 1. The van der Waals surface area contributed by atoms with Gasteiger partial charge in [0.05, 0.1) is 10.5 Å². The number of nitrogens with one attached hydrogen (secondary N) is 1. The number of benzene rings is 2. The number of carbonyl (C=O) groups is 1. The van der Waals surface area contributed by atoms with Crippen molar-refractivity contribution in [1.82, 2.24) is 14.8 Å². The molecule has 8 nitrogen and oxygen atoms in total. The Morgan fingerprint density at radius 3 is 2.57 bits per heavy atom. The molecule has 1 aromatic heterocycles. The molecule has 9 heteroatoms. The fourth-order valence-electron chi connectivity index (χ4n) is 3.62. The number of rotatable bonds is 5. The lowest BCUT2D eigenvalue weighted by molar-refractivity contribution is 0.0696. The topological polar surface area (TPSA) is 114 Å². The summed E-state index contributed by atoms with van der Waals surface area (Å²) in [7, 11) is -3.93. The molecule has 1 aliphatic heterocycles. The van der Waals surface area contributed by atoms with Crippen LogP contribution in [0.1, 0.15) is 41.0 Å². The number of sulfonamides is 1. The standard InChI is InChI=1S/C21H22N4O4S/c1-14-6-7-16(21(26)27)13-18(14)30(28,29)24-17-10-8-15(9-11-17)20-23-22-19-5-3-2-4-12-25(19)20/h6-11,13,24H,2-5,12H2,1H3,(H,26,27). The van der Waals surface area contributed by atoms with Crippen molar-refractivity contribution in [3.05, 3.63) is 59.4 Å². The van der Waals surface area contributed by atoms with Crippen molar-refractivity contribution in [2.45, 2.75) is 44.0 Å². The molecule has 2 heterocycles. The molecule has 30 heavy (non-hydrogen) atoms. The Morgan fingerprint density at radius 2 is 1.83 bits per heavy atom. The van der Waals surface area contributed by atoms with E-state index in [2.05, 4.69) is 19.5 Å². The fraction of sp³-hybridized carbons (Fsp3) is 0.286. The van der Waals surface area contributed by atoms with Crippen LogP contribution >= 0.6 is 0 Å². The molecule has 3 aromatic rings. The second-order valence-corrected chi connectivity index (χ2v) is 9.02. The Labute approximate surface area is 174 Å². The maximum Gasteiger partial charge on any atom is 0.335 e. The number of aromatic carboxylic acids is 1. The first-order chi connectivity index (χ1) is 14.3. The minimum absolute atomic E-state index is 0.0609. The number of fused-ring (bicyclic) bond motifs is 1. The van der Waals surface area contributed by atoms with Gasteiger partial charge in [-0.25, -0.2) is 13.2 Å². The number of nitrogens with zero attached hydrogens (tertiary/aromatic N) is 3. The lowest BCUT2D eigenvalue weighted by Gasteiger charge is -2.12. The molecule has 0 bridgehead atoms. The Balaban J connectivity index is 1.59. The Morgan fingerprint density at radius 1 is 1.07 bits per heavy atom. The summed E-state index contributed by atoms with van der Waals surface area (Å²) in [4.78, 5) is 11.1. The number of carboxylic acids is 1. The summed E-state index contributed by atoms with van der Waals surface area (Å²) in [5.74, 6) is 0.593. The first-order valence-corrected chi connectivity index (χ1v) is 11.2. The van der Waals surface area contributed by atoms with Crippen LogP contribution in [0.3, 0.4) is 0 Å². The SMILES string of the molecule is Cc1ccc(C(=O)O)cc1S(=O)(=O)Nc1ccc(-c2nnc3n2CCCCC3)cc1. The molecule has 1 aliphatic rings. The Bertz CT molecular complexity index is 1200. The Hall–Kier alpha value is -3.20. The predicted molar refractivity (Wildman–Crippen MR) is 112 cm³/mol. The number of aryl methyl sites for hydroxylation is 2. The zero-order chi connectivity index (χ0) is 21.3. The molecule has 0 unspecified atom stereocenters. The average Bonchev–Trinajstić information content (AvgIpc) is 2.96. The van der Waals surface area contributed by atoms with E-state index < -0.39 is 16.0 Å². The zero-order valence-corrected chi connectivity index (χ0v) is 17.3. The normalized spacial score (nSPS) is 14.0. The van der Waals surface area contributed by atoms with E-state index >= 15 is 0 Å². The van der Waals surface area contributed by atoms with E-state index in [-0.39, 0.29) is 10.5 Å². The summed E-state index contributed by atoms with van der Waals surface area (Å²) in [6, 6.07) is 11.0. The van der Waals surface area contributed by atoms with Crippen molar-refractivity contribution < 1.29 is 18.3 Å². The smallest absolute Gasteiger partial charge is 0.335 e. The molecular formula is C21H22N4O4S. The van der Waals surface area contributed by atoms with Crippen LogP contribution < -0.4 is 4.72 Å². The quantitative estimate of drug-likeness (QED) is 0.646. The van der Waals surface area contributed by atoms with Crippen LogP contribution in [-0.4, -0.2) is 34.3 Å². The van der Waals surface area contributed by atoms with Gasteiger partial charge in [0.25, 0.3) is 10.0 Å². The Kier molecular flexibility index (Phi) is 5.29. The van der Waals surface area contributed by atoms with E-state index in [0.29, 0.717) is 11.3 Å². The number of hydrogen-bond donors (Lipinski definition) is 2. The van der Waals surface area contributed by atoms with Crippen LogP contribution in [0.15, 0.2) is 47.4 Å². The lowest BCUT2D eigenvalue weighted by atomic mass is 10.1. The number of hydrogen-bond acceptors (Lipinski definition) is 5. The highest BCUT2D eigenvalue weighted by atomic mass is 32.2. The third-order valence-electron chi connectivity index (χ3n) is 5.23. The van der Waals surface area contributed by atoms with E-state index in [1.54, 1.807) is 31.2 Å². The largest absolute Gasteiger partial charge is 0.478 e. The maximum absolute atomic E-state index is 12.8. The average molecular weight is 426 g/mol. The number of aromatic nitrogens is 3. The second-order valence-electron chi connectivity index (χ2n) is 7.37. The highest BCUT2D eigenvalue weighted by molar-refractivity contribution is 7.92. The van der Waals surface area contributed by atoms with Crippen molar-refractivity contribution in [3.63, 3.8) is 0 Å². The molecule has 0 amide bonds. The van der Waals surface area contributed by atoms with Crippen molar-refractivity contribution in [2.75, 3.05) is 4.72 Å². The van der Waals surface area contributed by atoms with E-state index in [0.717, 1.165) is 43.0 Å². The summed E-state index contributed by atoms with van der Waals surface area (Å²) < 4.78 is 30.3. The molecule has 0 saturated heterocycles. The minimum Gasteiger partial charge on any atom is -0.478 e. The van der Waals surface area contributed by atoms with Crippen LogP contribution in [0.4, 0.5) is 5.69 Å². The van der Waals surface area contributed by atoms with Crippen molar-refractivity contribution in [3.8, 4) is 11.4 Å². The minimum atomic E-state index is -3.93. The molecule has 0 aliphatic carbocycles. The molecule has 156 valence electrons. The molecule has 2 aromatic carbocycles. The van der Waals surface area contributed by atoms with Gasteiger partial charge < -0.3 is 9.67 Å². The van der Waals surface area contributed by atoms with Crippen molar-refractivity contribution >= 4 is 21.7 Å². The van der Waals surface area contributed by atoms with E-state index in [4.69, 9.17) is 5.11 Å². The highest BCUT2D eigenvalue weighted by Crippen LogP contribution is 2.26. The molecule has 0 atom stereocenters. The molecule has 0 saturated carbocycles. The first kappa shape index (κ1) is 20.1. The summed E-state index contributed by atoms with van der Waals surface area (Å²) in [5.41, 5.74) is 1.64. The van der Waals surface area contributed by atoms with Crippen LogP contribution in [0, 0.1) is 6.92 Å². The van der Waals surface area contributed by atoms with Gasteiger partial charge in [-0.1, -0.05) is 12.5 Å². The van der Waals surface area contributed by atoms with Gasteiger partial charge >= 0.3 is 5.97 Å². The first-order valence-electron chi connectivity index (χ1n) is 9.74. The summed E-state index contributed by atoms with van der Waals surface area (Å²) in [6.07, 6.45) is 4.29. The van der Waals surface area contributed by atoms with Gasteiger partial charge in [-0.05, 0) is 61.7 Å². The summed E-state index contributed by atoms with van der Waals surface area (Å²) in [6.45, 7) is 2.51. The van der Waals surface area contributed by atoms with Gasteiger partial charge in [0.1, 0.15) is 5.82 Å². The van der Waals surface area contributed by atoms with Crippen LogP contribution in [-0.2, 0) is 23.0 Å². The molecule has 4 rings (SSSR count). The molecule has 0 radical (unpaired) electrons. The highest BCUT2D eigenvalue weighted by Gasteiger charge is 2.20. The third kappa shape index (κ3) is 3.93. The van der Waals surface area contributed by atoms with Gasteiger partial charge in [-0.2, -0.15) is 0 Å².